The van der Waals surface area contributed by atoms with E-state index >= 15 is 0 Å². The van der Waals surface area contributed by atoms with Crippen LogP contribution in [0.1, 0.15) is 34.1 Å². The Morgan fingerprint density at radius 1 is 1.40 bits per heavy atom. The third-order valence-electron chi connectivity index (χ3n) is 3.13. The van der Waals surface area contributed by atoms with E-state index in [2.05, 4.69) is 10.1 Å². The fraction of sp³-hybridized carbons (Fsp3) is 0.333. The van der Waals surface area contributed by atoms with E-state index in [0.29, 0.717) is 12.1 Å². The zero-order valence-electron chi connectivity index (χ0n) is 11.7. The Morgan fingerprint density at radius 2 is 2.20 bits per heavy atom. The van der Waals surface area contributed by atoms with Crippen molar-refractivity contribution in [1.82, 2.24) is 10.1 Å². The average molecular weight is 274 g/mol. The predicted octanol–water partition coefficient (Wildman–Crippen LogP) is 2.57. The van der Waals surface area contributed by atoms with Crippen molar-refractivity contribution in [3.63, 3.8) is 0 Å². The number of hydrogen-bond donors (Lipinski definition) is 1. The lowest BCUT2D eigenvalue weighted by Crippen LogP contribution is -2.18. The molecule has 5 heteroatoms. The molecule has 0 spiro atoms. The molecule has 2 rings (SSSR count). The number of carboxylic acids is 1. The number of nitrogens with zero attached hydrogens (tertiary/aromatic N) is 2. The monoisotopic (exact) mass is 274 g/mol. The second-order valence-electron chi connectivity index (χ2n) is 4.82. The summed E-state index contributed by atoms with van der Waals surface area (Å²) < 4.78 is 4.98. The Bertz CT molecular complexity index is 592. The maximum atomic E-state index is 10.9. The highest BCUT2D eigenvalue weighted by Gasteiger charge is 2.10. The normalized spacial score (nSPS) is 10.9. The van der Waals surface area contributed by atoms with Crippen LogP contribution < -0.4 is 0 Å². The van der Waals surface area contributed by atoms with Crippen molar-refractivity contribution in [3.8, 4) is 0 Å². The topological polar surface area (TPSA) is 66.6 Å². The van der Waals surface area contributed by atoms with Gasteiger partial charge in [-0.05, 0) is 31.2 Å². The molecule has 0 aliphatic heterocycles. The minimum Gasteiger partial charge on any atom is -0.478 e. The van der Waals surface area contributed by atoms with Gasteiger partial charge in [-0.1, -0.05) is 24.2 Å². The minimum atomic E-state index is -0.901. The molecule has 106 valence electrons. The van der Waals surface area contributed by atoms with Gasteiger partial charge in [-0.2, -0.15) is 0 Å². The lowest BCUT2D eigenvalue weighted by molar-refractivity contribution is 0.0696. The van der Waals surface area contributed by atoms with Gasteiger partial charge < -0.3 is 9.63 Å². The Balaban J connectivity index is 2.02. The number of aryl methyl sites for hydroxylation is 1. The van der Waals surface area contributed by atoms with E-state index in [1.807, 2.05) is 20.0 Å². The molecule has 0 atom stereocenters. The van der Waals surface area contributed by atoms with E-state index in [1.54, 1.807) is 24.5 Å². The van der Waals surface area contributed by atoms with E-state index in [9.17, 15) is 4.79 Å². The van der Waals surface area contributed by atoms with Crippen LogP contribution >= 0.6 is 0 Å². The number of rotatable bonds is 6. The molecule has 0 aliphatic rings. The second kappa shape index (κ2) is 6.34. The second-order valence-corrected chi connectivity index (χ2v) is 4.82. The van der Waals surface area contributed by atoms with Gasteiger partial charge in [-0.25, -0.2) is 4.79 Å². The SMILES string of the molecule is CCc1nocc1CN(C)Cc1cccc(C(=O)O)c1. The van der Waals surface area contributed by atoms with Gasteiger partial charge in [0.15, 0.2) is 0 Å². The van der Waals surface area contributed by atoms with Crippen LogP contribution in [0, 0.1) is 0 Å². The fourth-order valence-corrected chi connectivity index (χ4v) is 2.16. The summed E-state index contributed by atoms with van der Waals surface area (Å²) in [6, 6.07) is 7.00. The van der Waals surface area contributed by atoms with Crippen molar-refractivity contribution in [2.45, 2.75) is 26.4 Å². The summed E-state index contributed by atoms with van der Waals surface area (Å²) in [5.41, 5.74) is 3.33. The van der Waals surface area contributed by atoms with Crippen molar-refractivity contribution in [2.24, 2.45) is 0 Å². The summed E-state index contributed by atoms with van der Waals surface area (Å²) in [5, 5.41) is 12.9. The first kappa shape index (κ1) is 14.3. The van der Waals surface area contributed by atoms with Crippen LogP contribution in [0.3, 0.4) is 0 Å². The van der Waals surface area contributed by atoms with Gasteiger partial charge in [0.1, 0.15) is 6.26 Å². The molecule has 20 heavy (non-hydrogen) atoms. The lowest BCUT2D eigenvalue weighted by atomic mass is 10.1. The molecule has 1 heterocycles. The average Bonchev–Trinajstić information content (AvgIpc) is 2.86. The summed E-state index contributed by atoms with van der Waals surface area (Å²) in [5.74, 6) is -0.901. The van der Waals surface area contributed by atoms with Crippen molar-refractivity contribution in [3.05, 3.63) is 52.9 Å². The fourth-order valence-electron chi connectivity index (χ4n) is 2.16. The van der Waals surface area contributed by atoms with Crippen LogP contribution in [0.15, 0.2) is 35.1 Å². The van der Waals surface area contributed by atoms with Crippen LogP contribution in [-0.2, 0) is 19.5 Å². The molecular weight excluding hydrogens is 256 g/mol. The Hall–Kier alpha value is -2.14. The predicted molar refractivity (Wildman–Crippen MR) is 74.5 cm³/mol. The molecule has 0 amide bonds. The molecule has 1 aromatic carbocycles. The van der Waals surface area contributed by atoms with E-state index in [-0.39, 0.29) is 0 Å². The molecular formula is C15H18N2O3. The minimum absolute atomic E-state index is 0.315. The smallest absolute Gasteiger partial charge is 0.335 e. The largest absolute Gasteiger partial charge is 0.478 e. The van der Waals surface area contributed by atoms with E-state index < -0.39 is 5.97 Å². The maximum absolute atomic E-state index is 10.9. The van der Waals surface area contributed by atoms with Gasteiger partial charge in [0, 0.05) is 18.7 Å². The molecule has 0 unspecified atom stereocenters. The first-order valence-electron chi connectivity index (χ1n) is 6.53. The highest BCUT2D eigenvalue weighted by molar-refractivity contribution is 5.87. The summed E-state index contributed by atoms with van der Waals surface area (Å²) in [7, 11) is 1.99. The number of carbonyl (C=O) groups is 1. The first-order chi connectivity index (χ1) is 9.60. The highest BCUT2D eigenvalue weighted by atomic mass is 16.5. The molecule has 0 fully saturated rings. The molecule has 0 radical (unpaired) electrons. The number of aromatic carboxylic acids is 1. The lowest BCUT2D eigenvalue weighted by Gasteiger charge is -2.16. The maximum Gasteiger partial charge on any atom is 0.335 e. The van der Waals surface area contributed by atoms with Gasteiger partial charge in [-0.15, -0.1) is 0 Å². The molecule has 0 bridgehead atoms. The number of aromatic nitrogens is 1. The van der Waals surface area contributed by atoms with E-state index in [1.165, 1.54) is 0 Å². The standard InChI is InChI=1S/C15H18N2O3/c1-3-14-13(10-20-16-14)9-17(2)8-11-5-4-6-12(7-11)15(18)19/h4-7,10H,3,8-9H2,1-2H3,(H,18,19). The van der Waals surface area contributed by atoms with Gasteiger partial charge in [0.2, 0.25) is 0 Å². The molecule has 0 aliphatic carbocycles. The summed E-state index contributed by atoms with van der Waals surface area (Å²) in [4.78, 5) is 13.0. The molecule has 0 saturated heterocycles. The van der Waals surface area contributed by atoms with Crippen molar-refractivity contribution < 1.29 is 14.4 Å². The van der Waals surface area contributed by atoms with Crippen LogP contribution in [0.4, 0.5) is 0 Å². The van der Waals surface area contributed by atoms with Crippen LogP contribution in [-0.4, -0.2) is 28.2 Å². The summed E-state index contributed by atoms with van der Waals surface area (Å²) in [6.07, 6.45) is 2.51. The summed E-state index contributed by atoms with van der Waals surface area (Å²) in [6.45, 7) is 3.44. The van der Waals surface area contributed by atoms with Crippen molar-refractivity contribution >= 4 is 5.97 Å². The molecule has 1 N–H and O–H groups in total. The van der Waals surface area contributed by atoms with Gasteiger partial charge in [0.05, 0.1) is 11.3 Å². The third-order valence-corrected chi connectivity index (χ3v) is 3.13. The van der Waals surface area contributed by atoms with Crippen molar-refractivity contribution in [2.75, 3.05) is 7.05 Å². The summed E-state index contributed by atoms with van der Waals surface area (Å²) >= 11 is 0. The Kier molecular flexibility index (Phi) is 4.53. The molecule has 0 saturated carbocycles. The van der Waals surface area contributed by atoms with Crippen LogP contribution in [0.5, 0.6) is 0 Å². The molecule has 1 aromatic heterocycles. The first-order valence-corrected chi connectivity index (χ1v) is 6.53. The Morgan fingerprint density at radius 3 is 2.90 bits per heavy atom. The Labute approximate surface area is 117 Å². The van der Waals surface area contributed by atoms with Gasteiger partial charge in [0.25, 0.3) is 0 Å². The molecule has 5 nitrogen and oxygen atoms in total. The molecule has 2 aromatic rings. The number of benzene rings is 1. The third kappa shape index (κ3) is 3.45. The highest BCUT2D eigenvalue weighted by Crippen LogP contribution is 2.13. The zero-order chi connectivity index (χ0) is 14.5. The van der Waals surface area contributed by atoms with Gasteiger partial charge in [-0.3, -0.25) is 4.90 Å². The van der Waals surface area contributed by atoms with Crippen LogP contribution in [0.2, 0.25) is 0 Å². The van der Waals surface area contributed by atoms with Crippen LogP contribution in [0.25, 0.3) is 0 Å². The van der Waals surface area contributed by atoms with Crippen molar-refractivity contribution in [1.29, 1.82) is 0 Å². The van der Waals surface area contributed by atoms with Gasteiger partial charge >= 0.3 is 5.97 Å². The van der Waals surface area contributed by atoms with E-state index in [4.69, 9.17) is 9.63 Å². The van der Waals surface area contributed by atoms with E-state index in [0.717, 1.165) is 29.8 Å². The zero-order valence-corrected chi connectivity index (χ0v) is 11.7. The number of carboxylic acid groups (broad SMARTS) is 1. The quantitative estimate of drug-likeness (QED) is 0.877. The number of hydrogen-bond acceptors (Lipinski definition) is 4.